The molecule has 0 aromatic heterocycles. The Morgan fingerprint density at radius 3 is 1.44 bits per heavy atom. The Balaban J connectivity index is 2.11. The number of hydrogen-bond acceptors (Lipinski definition) is 4. The van der Waals surface area contributed by atoms with Crippen LogP contribution in [0.25, 0.3) is 0 Å². The molecule has 18 heavy (non-hydrogen) atoms. The Bertz CT molecular complexity index is 516. The lowest BCUT2D eigenvalue weighted by molar-refractivity contribution is 1.38. The van der Waals surface area contributed by atoms with Crippen molar-refractivity contribution in [2.45, 2.75) is 23.6 Å². The van der Waals surface area contributed by atoms with Gasteiger partial charge >= 0.3 is 0 Å². The van der Waals surface area contributed by atoms with Gasteiger partial charge in [0.25, 0.3) is 0 Å². The molecule has 4 N–H and O–H groups in total. The second-order valence-electron chi connectivity index (χ2n) is 4.25. The molecule has 0 aliphatic rings. The van der Waals surface area contributed by atoms with E-state index in [1.54, 1.807) is 21.6 Å². The van der Waals surface area contributed by atoms with Gasteiger partial charge in [0, 0.05) is 21.2 Å². The van der Waals surface area contributed by atoms with Gasteiger partial charge in [-0.2, -0.15) is 0 Å². The van der Waals surface area contributed by atoms with E-state index in [0.717, 1.165) is 21.2 Å². The average Bonchev–Trinajstić information content (AvgIpc) is 2.30. The summed E-state index contributed by atoms with van der Waals surface area (Å²) in [5, 5.41) is 0. The van der Waals surface area contributed by atoms with E-state index >= 15 is 0 Å². The lowest BCUT2D eigenvalue weighted by Crippen LogP contribution is -1.89. The van der Waals surface area contributed by atoms with Gasteiger partial charge in [0.2, 0.25) is 0 Å². The smallest absolute Gasteiger partial charge is 0.0463 e. The molecule has 0 saturated carbocycles. The van der Waals surface area contributed by atoms with Crippen molar-refractivity contribution in [2.24, 2.45) is 0 Å². The zero-order chi connectivity index (χ0) is 13.1. The summed E-state index contributed by atoms with van der Waals surface area (Å²) in [6.07, 6.45) is 0. The van der Waals surface area contributed by atoms with Crippen molar-refractivity contribution in [2.75, 3.05) is 11.5 Å². The van der Waals surface area contributed by atoms with Crippen LogP contribution in [0.4, 0.5) is 11.4 Å². The third kappa shape index (κ3) is 3.15. The molecule has 0 bridgehead atoms. The van der Waals surface area contributed by atoms with E-state index in [-0.39, 0.29) is 0 Å². The predicted octanol–water partition coefficient (Wildman–Crippen LogP) is 4.27. The summed E-state index contributed by atoms with van der Waals surface area (Å²) < 4.78 is 0. The Morgan fingerprint density at radius 2 is 1.11 bits per heavy atom. The maximum absolute atomic E-state index is 5.98. The van der Waals surface area contributed by atoms with Gasteiger partial charge in [-0.25, -0.2) is 0 Å². The highest BCUT2D eigenvalue weighted by atomic mass is 33.1. The molecule has 0 fully saturated rings. The van der Waals surface area contributed by atoms with Gasteiger partial charge in [-0.05, 0) is 49.2 Å². The molecule has 2 aromatic rings. The quantitative estimate of drug-likeness (QED) is 0.649. The van der Waals surface area contributed by atoms with Crippen molar-refractivity contribution >= 4 is 33.0 Å². The number of anilines is 2. The zero-order valence-corrected chi connectivity index (χ0v) is 12.1. The zero-order valence-electron chi connectivity index (χ0n) is 10.4. The minimum Gasteiger partial charge on any atom is -0.398 e. The fourth-order valence-corrected chi connectivity index (χ4v) is 3.76. The molecule has 2 nitrogen and oxygen atoms in total. The summed E-state index contributed by atoms with van der Waals surface area (Å²) in [6, 6.07) is 12.2. The molecule has 0 aliphatic carbocycles. The third-order valence-corrected chi connectivity index (χ3v) is 5.07. The first-order valence-corrected chi connectivity index (χ1v) is 7.78. The summed E-state index contributed by atoms with van der Waals surface area (Å²) in [4.78, 5) is 2.15. The van der Waals surface area contributed by atoms with E-state index in [1.165, 1.54) is 11.1 Å². The average molecular weight is 276 g/mol. The van der Waals surface area contributed by atoms with Crippen LogP contribution in [0, 0.1) is 13.8 Å². The number of rotatable bonds is 3. The maximum atomic E-state index is 5.98. The molecule has 0 heterocycles. The molecule has 0 spiro atoms. The van der Waals surface area contributed by atoms with Crippen LogP contribution in [0.5, 0.6) is 0 Å². The van der Waals surface area contributed by atoms with E-state index in [1.807, 2.05) is 38.1 Å². The van der Waals surface area contributed by atoms with Crippen LogP contribution in [0.1, 0.15) is 11.1 Å². The predicted molar refractivity (Wildman–Crippen MR) is 82.9 cm³/mol. The van der Waals surface area contributed by atoms with Crippen molar-refractivity contribution in [3.05, 3.63) is 47.5 Å². The molecule has 0 unspecified atom stereocenters. The Morgan fingerprint density at radius 1 is 0.722 bits per heavy atom. The van der Waals surface area contributed by atoms with E-state index in [2.05, 4.69) is 12.1 Å². The van der Waals surface area contributed by atoms with Crippen LogP contribution in [0.2, 0.25) is 0 Å². The Hall–Kier alpha value is -1.26. The highest BCUT2D eigenvalue weighted by Gasteiger charge is 2.04. The van der Waals surface area contributed by atoms with Crippen molar-refractivity contribution < 1.29 is 0 Å². The molecule has 0 amide bonds. The Labute approximate surface area is 116 Å². The van der Waals surface area contributed by atoms with Crippen LogP contribution >= 0.6 is 21.6 Å². The van der Waals surface area contributed by atoms with Gasteiger partial charge in [0.05, 0.1) is 0 Å². The van der Waals surface area contributed by atoms with Crippen LogP contribution in [0.15, 0.2) is 46.2 Å². The molecule has 94 valence electrons. The summed E-state index contributed by atoms with van der Waals surface area (Å²) in [5.74, 6) is 0. The van der Waals surface area contributed by atoms with Crippen molar-refractivity contribution in [1.29, 1.82) is 0 Å². The first-order valence-electron chi connectivity index (χ1n) is 5.63. The van der Waals surface area contributed by atoms with E-state index < -0.39 is 0 Å². The van der Waals surface area contributed by atoms with E-state index in [4.69, 9.17) is 11.5 Å². The first-order chi connectivity index (χ1) is 8.56. The van der Waals surface area contributed by atoms with Crippen LogP contribution in [-0.4, -0.2) is 0 Å². The molecule has 4 heteroatoms. The van der Waals surface area contributed by atoms with Crippen molar-refractivity contribution in [1.82, 2.24) is 0 Å². The highest BCUT2D eigenvalue weighted by Crippen LogP contribution is 2.42. The fraction of sp³-hybridized carbons (Fsp3) is 0.143. The van der Waals surface area contributed by atoms with Crippen molar-refractivity contribution in [3.63, 3.8) is 0 Å². The fourth-order valence-electron chi connectivity index (χ4n) is 1.58. The molecular formula is C14H16N2S2. The molecule has 2 rings (SSSR count). The van der Waals surface area contributed by atoms with Gasteiger partial charge in [-0.3, -0.25) is 0 Å². The molecule has 0 radical (unpaired) electrons. The monoisotopic (exact) mass is 276 g/mol. The molecule has 0 atom stereocenters. The second-order valence-corrected chi connectivity index (χ2v) is 6.46. The Kier molecular flexibility index (Phi) is 4.09. The third-order valence-electron chi connectivity index (χ3n) is 2.55. The first kappa shape index (κ1) is 13.2. The molecular weight excluding hydrogens is 260 g/mol. The number of benzene rings is 2. The molecule has 2 aromatic carbocycles. The van der Waals surface area contributed by atoms with Gasteiger partial charge in [0.15, 0.2) is 0 Å². The van der Waals surface area contributed by atoms with Crippen LogP contribution < -0.4 is 11.5 Å². The normalized spacial score (nSPS) is 10.6. The highest BCUT2D eigenvalue weighted by molar-refractivity contribution is 8.76. The summed E-state index contributed by atoms with van der Waals surface area (Å²) in [7, 11) is 3.28. The van der Waals surface area contributed by atoms with Crippen LogP contribution in [0.3, 0.4) is 0 Å². The standard InChI is InChI=1S/C14H16N2S2/c1-9-3-5-13(11(15)7-9)17-18-14-6-4-10(2)8-12(14)16/h3-8H,15-16H2,1-2H3. The van der Waals surface area contributed by atoms with E-state index in [0.29, 0.717) is 0 Å². The van der Waals surface area contributed by atoms with Gasteiger partial charge in [0.1, 0.15) is 0 Å². The van der Waals surface area contributed by atoms with Gasteiger partial charge in [-0.1, -0.05) is 33.7 Å². The summed E-state index contributed by atoms with van der Waals surface area (Å²) in [6.45, 7) is 4.08. The number of hydrogen-bond donors (Lipinski definition) is 2. The SMILES string of the molecule is Cc1ccc(SSc2ccc(C)cc2N)c(N)c1. The molecule has 0 aliphatic heterocycles. The lowest BCUT2D eigenvalue weighted by Gasteiger charge is -2.08. The van der Waals surface area contributed by atoms with Gasteiger partial charge in [-0.15, -0.1) is 0 Å². The largest absolute Gasteiger partial charge is 0.398 e. The summed E-state index contributed by atoms with van der Waals surface area (Å²) >= 11 is 0. The minimum absolute atomic E-state index is 0.818. The van der Waals surface area contributed by atoms with Gasteiger partial charge < -0.3 is 11.5 Å². The topological polar surface area (TPSA) is 52.0 Å². The lowest BCUT2D eigenvalue weighted by atomic mass is 10.2. The maximum Gasteiger partial charge on any atom is 0.0463 e. The number of nitrogens with two attached hydrogens (primary N) is 2. The second kappa shape index (κ2) is 5.59. The molecule has 0 saturated heterocycles. The van der Waals surface area contributed by atoms with E-state index in [9.17, 15) is 0 Å². The number of aryl methyl sites for hydroxylation is 2. The van der Waals surface area contributed by atoms with Crippen molar-refractivity contribution in [3.8, 4) is 0 Å². The number of nitrogen functional groups attached to an aromatic ring is 2. The van der Waals surface area contributed by atoms with Crippen LogP contribution in [-0.2, 0) is 0 Å². The summed E-state index contributed by atoms with van der Waals surface area (Å²) in [5.41, 5.74) is 16.0. The minimum atomic E-state index is 0.818.